The fraction of sp³-hybridized carbons (Fsp3) is 0.211. The van der Waals surface area contributed by atoms with E-state index in [2.05, 4.69) is 31.0 Å². The van der Waals surface area contributed by atoms with Gasteiger partial charge in [0.15, 0.2) is 0 Å². The molecular formula is C19H19NO. The number of aromatic nitrogens is 1. The summed E-state index contributed by atoms with van der Waals surface area (Å²) in [7, 11) is 0. The molecule has 1 heterocycles. The molecule has 2 heteroatoms. The van der Waals surface area contributed by atoms with Crippen molar-refractivity contribution in [2.75, 3.05) is 0 Å². The van der Waals surface area contributed by atoms with E-state index >= 15 is 0 Å². The van der Waals surface area contributed by atoms with E-state index < -0.39 is 6.10 Å². The van der Waals surface area contributed by atoms with Gasteiger partial charge in [0.1, 0.15) is 6.10 Å². The first kappa shape index (κ1) is 13.8. The van der Waals surface area contributed by atoms with Crippen LogP contribution in [0.5, 0.6) is 0 Å². The number of benzene rings is 2. The van der Waals surface area contributed by atoms with Gasteiger partial charge in [-0.3, -0.25) is 4.98 Å². The number of hydrogen-bond acceptors (Lipinski definition) is 2. The largest absolute Gasteiger partial charge is 0.384 e. The number of fused-ring (bicyclic) bond motifs is 1. The average Bonchev–Trinajstić information content (AvgIpc) is 2.54. The van der Waals surface area contributed by atoms with Crippen LogP contribution in [0.4, 0.5) is 0 Å². The summed E-state index contributed by atoms with van der Waals surface area (Å²) in [6, 6.07) is 18.1. The summed E-state index contributed by atoms with van der Waals surface area (Å²) in [5, 5.41) is 11.6. The second-order valence-corrected chi connectivity index (χ2v) is 5.69. The summed E-state index contributed by atoms with van der Waals surface area (Å²) >= 11 is 0. The first-order valence-electron chi connectivity index (χ1n) is 7.28. The molecule has 0 fully saturated rings. The average molecular weight is 277 g/mol. The minimum Gasteiger partial charge on any atom is -0.384 e. The molecule has 0 saturated carbocycles. The normalized spacial score (nSPS) is 12.8. The first-order chi connectivity index (χ1) is 10.1. The highest BCUT2D eigenvalue weighted by molar-refractivity contribution is 5.78. The van der Waals surface area contributed by atoms with Crippen LogP contribution in [0.15, 0.2) is 60.8 Å². The van der Waals surface area contributed by atoms with E-state index in [1.54, 1.807) is 6.20 Å². The molecule has 2 nitrogen and oxygen atoms in total. The zero-order valence-corrected chi connectivity index (χ0v) is 12.3. The standard InChI is InChI=1S/C19H19NO/c1-13(2)14-7-9-15(10-8-14)19(21)17-11-16-5-3-4-6-18(16)20-12-17/h3-13,19,21H,1-2H3. The molecule has 1 aromatic heterocycles. The number of nitrogens with zero attached hydrogens (tertiary/aromatic N) is 1. The van der Waals surface area contributed by atoms with Gasteiger partial charge in [-0.25, -0.2) is 0 Å². The fourth-order valence-corrected chi connectivity index (χ4v) is 2.49. The van der Waals surface area contributed by atoms with Gasteiger partial charge in [0.05, 0.1) is 5.52 Å². The molecule has 0 amide bonds. The molecule has 3 aromatic rings. The lowest BCUT2D eigenvalue weighted by Crippen LogP contribution is -2.01. The topological polar surface area (TPSA) is 33.1 Å². The van der Waals surface area contributed by atoms with E-state index in [4.69, 9.17) is 0 Å². The molecule has 2 aromatic carbocycles. The van der Waals surface area contributed by atoms with Crippen molar-refractivity contribution in [1.29, 1.82) is 0 Å². The maximum atomic E-state index is 10.5. The molecule has 21 heavy (non-hydrogen) atoms. The van der Waals surface area contributed by atoms with E-state index in [0.29, 0.717) is 5.92 Å². The molecule has 0 bridgehead atoms. The Bertz CT molecular complexity index is 747. The van der Waals surface area contributed by atoms with Crippen molar-refractivity contribution in [3.05, 3.63) is 77.5 Å². The highest BCUT2D eigenvalue weighted by Crippen LogP contribution is 2.25. The molecule has 0 spiro atoms. The molecule has 0 aliphatic rings. The van der Waals surface area contributed by atoms with Crippen molar-refractivity contribution in [2.45, 2.75) is 25.9 Å². The molecule has 0 aliphatic carbocycles. The van der Waals surface area contributed by atoms with Crippen LogP contribution >= 0.6 is 0 Å². The number of hydrogen-bond donors (Lipinski definition) is 1. The fourth-order valence-electron chi connectivity index (χ4n) is 2.49. The minimum atomic E-state index is -0.636. The van der Waals surface area contributed by atoms with Crippen molar-refractivity contribution in [2.24, 2.45) is 0 Å². The van der Waals surface area contributed by atoms with Crippen LogP contribution in [0.3, 0.4) is 0 Å². The van der Waals surface area contributed by atoms with Gasteiger partial charge >= 0.3 is 0 Å². The van der Waals surface area contributed by atoms with E-state index in [-0.39, 0.29) is 0 Å². The van der Waals surface area contributed by atoms with E-state index in [1.807, 2.05) is 42.5 Å². The van der Waals surface area contributed by atoms with Crippen LogP contribution in [0.2, 0.25) is 0 Å². The van der Waals surface area contributed by atoms with Gasteiger partial charge in [-0.1, -0.05) is 56.3 Å². The Kier molecular flexibility index (Phi) is 3.72. The first-order valence-corrected chi connectivity index (χ1v) is 7.28. The van der Waals surface area contributed by atoms with Crippen LogP contribution in [0, 0.1) is 0 Å². The van der Waals surface area contributed by atoms with Gasteiger partial charge in [0.25, 0.3) is 0 Å². The Balaban J connectivity index is 1.93. The van der Waals surface area contributed by atoms with Gasteiger partial charge in [-0.2, -0.15) is 0 Å². The van der Waals surface area contributed by atoms with Gasteiger partial charge in [-0.15, -0.1) is 0 Å². The third kappa shape index (κ3) is 2.81. The highest BCUT2D eigenvalue weighted by Gasteiger charge is 2.12. The molecule has 106 valence electrons. The van der Waals surface area contributed by atoms with Crippen molar-refractivity contribution in [3.63, 3.8) is 0 Å². The molecule has 1 N–H and O–H groups in total. The summed E-state index contributed by atoms with van der Waals surface area (Å²) in [6.07, 6.45) is 1.12. The molecule has 0 aliphatic heterocycles. The molecular weight excluding hydrogens is 258 g/mol. The Morgan fingerprint density at radius 1 is 0.857 bits per heavy atom. The zero-order valence-electron chi connectivity index (χ0n) is 12.3. The quantitative estimate of drug-likeness (QED) is 0.767. The number of para-hydroxylation sites is 1. The second kappa shape index (κ2) is 5.66. The zero-order chi connectivity index (χ0) is 14.8. The van der Waals surface area contributed by atoms with E-state index in [9.17, 15) is 5.11 Å². The number of rotatable bonds is 3. The number of aliphatic hydroxyl groups excluding tert-OH is 1. The van der Waals surface area contributed by atoms with E-state index in [1.165, 1.54) is 5.56 Å². The predicted molar refractivity (Wildman–Crippen MR) is 86.3 cm³/mol. The minimum absolute atomic E-state index is 0.499. The molecule has 0 radical (unpaired) electrons. The summed E-state index contributed by atoms with van der Waals surface area (Å²) in [4.78, 5) is 4.41. The summed E-state index contributed by atoms with van der Waals surface area (Å²) in [5.74, 6) is 0.499. The Labute approximate surface area is 125 Å². The lowest BCUT2D eigenvalue weighted by Gasteiger charge is -2.13. The molecule has 0 saturated heterocycles. The lowest BCUT2D eigenvalue weighted by atomic mass is 9.97. The summed E-state index contributed by atoms with van der Waals surface area (Å²) in [6.45, 7) is 4.33. The summed E-state index contributed by atoms with van der Waals surface area (Å²) in [5.41, 5.74) is 3.95. The van der Waals surface area contributed by atoms with Gasteiger partial charge < -0.3 is 5.11 Å². The highest BCUT2D eigenvalue weighted by atomic mass is 16.3. The Morgan fingerprint density at radius 2 is 1.52 bits per heavy atom. The van der Waals surface area contributed by atoms with Crippen molar-refractivity contribution >= 4 is 10.9 Å². The molecule has 3 rings (SSSR count). The monoisotopic (exact) mass is 277 g/mol. The van der Waals surface area contributed by atoms with E-state index in [0.717, 1.165) is 22.0 Å². The van der Waals surface area contributed by atoms with Gasteiger partial charge in [0.2, 0.25) is 0 Å². The third-order valence-corrected chi connectivity index (χ3v) is 3.85. The Hall–Kier alpha value is -2.19. The summed E-state index contributed by atoms with van der Waals surface area (Å²) < 4.78 is 0. The van der Waals surface area contributed by atoms with Crippen molar-refractivity contribution < 1.29 is 5.11 Å². The predicted octanol–water partition coefficient (Wildman–Crippen LogP) is 4.44. The Morgan fingerprint density at radius 3 is 2.24 bits per heavy atom. The molecule has 1 unspecified atom stereocenters. The van der Waals surface area contributed by atoms with Crippen LogP contribution < -0.4 is 0 Å². The maximum absolute atomic E-state index is 10.5. The third-order valence-electron chi connectivity index (χ3n) is 3.85. The van der Waals surface area contributed by atoms with Crippen LogP contribution in [0.25, 0.3) is 10.9 Å². The van der Waals surface area contributed by atoms with Gasteiger partial charge in [-0.05, 0) is 29.2 Å². The number of aliphatic hydroxyl groups is 1. The maximum Gasteiger partial charge on any atom is 0.106 e. The van der Waals surface area contributed by atoms with Gasteiger partial charge in [0, 0.05) is 17.1 Å². The number of pyridine rings is 1. The van der Waals surface area contributed by atoms with Crippen molar-refractivity contribution in [3.8, 4) is 0 Å². The van der Waals surface area contributed by atoms with Crippen LogP contribution in [-0.4, -0.2) is 10.1 Å². The van der Waals surface area contributed by atoms with Crippen LogP contribution in [0.1, 0.15) is 42.6 Å². The van der Waals surface area contributed by atoms with Crippen LogP contribution in [-0.2, 0) is 0 Å². The molecule has 1 atom stereocenters. The lowest BCUT2D eigenvalue weighted by molar-refractivity contribution is 0.220. The van der Waals surface area contributed by atoms with Crippen molar-refractivity contribution in [1.82, 2.24) is 4.98 Å². The SMILES string of the molecule is CC(C)c1ccc(C(O)c2cnc3ccccc3c2)cc1. The second-order valence-electron chi connectivity index (χ2n) is 5.69. The smallest absolute Gasteiger partial charge is 0.106 e.